The van der Waals surface area contributed by atoms with Gasteiger partial charge in [0.05, 0.1) is 23.4 Å². The maximum atomic E-state index is 13.4. The fraction of sp³-hybridized carbons (Fsp3) is 0.321. The summed E-state index contributed by atoms with van der Waals surface area (Å²) in [6.45, 7) is 6.21. The Morgan fingerprint density at radius 3 is 2.80 bits per heavy atom. The Labute approximate surface area is 209 Å². The molecule has 1 atom stereocenters. The van der Waals surface area contributed by atoms with E-state index in [2.05, 4.69) is 22.4 Å². The van der Waals surface area contributed by atoms with E-state index in [4.69, 9.17) is 11.6 Å². The summed E-state index contributed by atoms with van der Waals surface area (Å²) in [5, 5.41) is 4.37. The molecule has 0 unspecified atom stereocenters. The average Bonchev–Trinajstić information content (AvgIpc) is 3.11. The van der Waals surface area contributed by atoms with Gasteiger partial charge in [0, 0.05) is 23.7 Å². The van der Waals surface area contributed by atoms with Crippen molar-refractivity contribution in [2.24, 2.45) is 0 Å². The van der Waals surface area contributed by atoms with Crippen molar-refractivity contribution in [1.29, 1.82) is 0 Å². The fourth-order valence-electron chi connectivity index (χ4n) is 5.16. The molecule has 0 bridgehead atoms. The normalized spacial score (nSPS) is 15.3. The molecule has 7 heteroatoms. The average molecular weight is 489 g/mol. The molecule has 0 spiro atoms. The predicted octanol–water partition coefficient (Wildman–Crippen LogP) is 5.35. The Bertz CT molecular complexity index is 1500. The number of amides is 1. The minimum atomic E-state index is -0.134. The van der Waals surface area contributed by atoms with Gasteiger partial charge in [0.15, 0.2) is 5.65 Å². The zero-order valence-electron chi connectivity index (χ0n) is 20.3. The standard InChI is InChI=1S/C28H29ClN4O2/c1-17-11-12-21(29)15-24(17)33-19(3)18(2)26-27(33)30-16-32(28(26)35)14-13-25(34)31-23-10-6-8-20-7-4-5-9-22(20)23/h4-5,7,9,11-12,15-16,23H,6,8,10,13-14H2,1-3H3,(H,31,34)/t23-/m0/s1. The third kappa shape index (κ3) is 4.27. The second kappa shape index (κ2) is 9.34. The lowest BCUT2D eigenvalue weighted by Crippen LogP contribution is -2.32. The third-order valence-electron chi connectivity index (χ3n) is 7.18. The Morgan fingerprint density at radius 2 is 1.97 bits per heavy atom. The molecule has 5 rings (SSSR count). The molecule has 1 amide bonds. The number of hydrogen-bond donors (Lipinski definition) is 1. The van der Waals surface area contributed by atoms with Gasteiger partial charge in [-0.25, -0.2) is 4.98 Å². The van der Waals surface area contributed by atoms with Crippen molar-refractivity contribution in [3.8, 4) is 5.69 Å². The molecule has 1 aliphatic carbocycles. The van der Waals surface area contributed by atoms with Crippen LogP contribution >= 0.6 is 11.6 Å². The molecule has 0 radical (unpaired) electrons. The number of carbonyl (C=O) groups is 1. The molecule has 2 aromatic carbocycles. The van der Waals surface area contributed by atoms with Crippen LogP contribution in [-0.2, 0) is 17.8 Å². The van der Waals surface area contributed by atoms with Gasteiger partial charge in [-0.05, 0) is 74.4 Å². The Kier molecular flexibility index (Phi) is 6.24. The highest BCUT2D eigenvalue weighted by Crippen LogP contribution is 2.30. The summed E-state index contributed by atoms with van der Waals surface area (Å²) in [6, 6.07) is 14.0. The molecule has 2 aromatic heterocycles. The van der Waals surface area contributed by atoms with Crippen LogP contribution < -0.4 is 10.9 Å². The van der Waals surface area contributed by atoms with Crippen molar-refractivity contribution >= 4 is 28.5 Å². The number of nitrogens with zero attached hydrogens (tertiary/aromatic N) is 3. The number of aryl methyl sites for hydroxylation is 4. The monoisotopic (exact) mass is 488 g/mol. The maximum absolute atomic E-state index is 13.4. The summed E-state index contributed by atoms with van der Waals surface area (Å²) >= 11 is 6.26. The van der Waals surface area contributed by atoms with Gasteiger partial charge in [-0.3, -0.25) is 18.7 Å². The van der Waals surface area contributed by atoms with Gasteiger partial charge >= 0.3 is 0 Å². The number of benzene rings is 2. The lowest BCUT2D eigenvalue weighted by Gasteiger charge is -2.26. The van der Waals surface area contributed by atoms with Gasteiger partial charge in [0.2, 0.25) is 5.91 Å². The van der Waals surface area contributed by atoms with Crippen molar-refractivity contribution in [3.63, 3.8) is 0 Å². The van der Waals surface area contributed by atoms with Crippen molar-refractivity contribution in [3.05, 3.63) is 92.1 Å². The van der Waals surface area contributed by atoms with E-state index in [1.807, 2.05) is 55.7 Å². The van der Waals surface area contributed by atoms with Gasteiger partial charge in [0.25, 0.3) is 5.56 Å². The summed E-state index contributed by atoms with van der Waals surface area (Å²) in [5.74, 6) is -0.0567. The maximum Gasteiger partial charge on any atom is 0.263 e. The van der Waals surface area contributed by atoms with Crippen molar-refractivity contribution < 1.29 is 4.79 Å². The summed E-state index contributed by atoms with van der Waals surface area (Å²) < 4.78 is 3.53. The van der Waals surface area contributed by atoms with Crippen LogP contribution in [0.5, 0.6) is 0 Å². The molecule has 2 heterocycles. The van der Waals surface area contributed by atoms with E-state index >= 15 is 0 Å². The summed E-state index contributed by atoms with van der Waals surface area (Å²) in [6.07, 6.45) is 4.81. The van der Waals surface area contributed by atoms with Crippen LogP contribution in [0, 0.1) is 20.8 Å². The summed E-state index contributed by atoms with van der Waals surface area (Å²) in [5.41, 5.74) is 6.76. The molecule has 0 saturated heterocycles. The Hall–Kier alpha value is -3.38. The molecule has 180 valence electrons. The van der Waals surface area contributed by atoms with E-state index < -0.39 is 0 Å². The van der Waals surface area contributed by atoms with Gasteiger partial charge in [-0.15, -0.1) is 0 Å². The molecule has 0 aliphatic heterocycles. The minimum absolute atomic E-state index is 0.0321. The van der Waals surface area contributed by atoms with Gasteiger partial charge in [0.1, 0.15) is 0 Å². The molecule has 4 aromatic rings. The van der Waals surface area contributed by atoms with Gasteiger partial charge in [-0.2, -0.15) is 0 Å². The van der Waals surface area contributed by atoms with Crippen LogP contribution in [-0.4, -0.2) is 20.0 Å². The van der Waals surface area contributed by atoms with E-state index in [0.29, 0.717) is 16.1 Å². The predicted molar refractivity (Wildman–Crippen MR) is 139 cm³/mol. The number of nitrogens with one attached hydrogen (secondary N) is 1. The quantitative estimate of drug-likeness (QED) is 0.411. The topological polar surface area (TPSA) is 68.9 Å². The van der Waals surface area contributed by atoms with Crippen molar-refractivity contribution in [2.45, 2.75) is 59.0 Å². The van der Waals surface area contributed by atoms with Crippen molar-refractivity contribution in [2.75, 3.05) is 0 Å². The molecule has 35 heavy (non-hydrogen) atoms. The highest BCUT2D eigenvalue weighted by Gasteiger charge is 2.22. The highest BCUT2D eigenvalue weighted by molar-refractivity contribution is 6.30. The number of rotatable bonds is 5. The number of hydrogen-bond acceptors (Lipinski definition) is 3. The van der Waals surface area contributed by atoms with Crippen LogP contribution in [0.1, 0.15) is 53.3 Å². The van der Waals surface area contributed by atoms with E-state index in [1.54, 1.807) is 10.9 Å². The number of aromatic nitrogens is 3. The first-order chi connectivity index (χ1) is 16.8. The van der Waals surface area contributed by atoms with E-state index in [-0.39, 0.29) is 30.5 Å². The summed E-state index contributed by atoms with van der Waals surface area (Å²) in [4.78, 5) is 30.8. The molecule has 1 N–H and O–H groups in total. The second-order valence-corrected chi connectivity index (χ2v) is 9.82. The Balaban J connectivity index is 1.39. The van der Waals surface area contributed by atoms with Gasteiger partial charge in [-0.1, -0.05) is 41.9 Å². The highest BCUT2D eigenvalue weighted by atomic mass is 35.5. The number of carbonyl (C=O) groups excluding carboxylic acids is 1. The van der Waals surface area contributed by atoms with Crippen LogP contribution in [0.3, 0.4) is 0 Å². The van der Waals surface area contributed by atoms with Crippen molar-refractivity contribution in [1.82, 2.24) is 19.4 Å². The minimum Gasteiger partial charge on any atom is -0.349 e. The second-order valence-electron chi connectivity index (χ2n) is 9.38. The van der Waals surface area contributed by atoms with Crippen LogP contribution in [0.15, 0.2) is 53.6 Å². The zero-order valence-corrected chi connectivity index (χ0v) is 21.0. The lowest BCUT2D eigenvalue weighted by atomic mass is 9.88. The fourth-order valence-corrected chi connectivity index (χ4v) is 5.32. The van der Waals surface area contributed by atoms with Crippen LogP contribution in [0.4, 0.5) is 0 Å². The van der Waals surface area contributed by atoms with Crippen LogP contribution in [0.2, 0.25) is 5.02 Å². The molecule has 6 nitrogen and oxygen atoms in total. The molecular weight excluding hydrogens is 460 g/mol. The zero-order chi connectivity index (χ0) is 24.7. The summed E-state index contributed by atoms with van der Waals surface area (Å²) in [7, 11) is 0. The number of fused-ring (bicyclic) bond motifs is 2. The number of halogens is 1. The smallest absolute Gasteiger partial charge is 0.263 e. The van der Waals surface area contributed by atoms with E-state index in [0.717, 1.165) is 41.8 Å². The molecular formula is C28H29ClN4O2. The first-order valence-corrected chi connectivity index (χ1v) is 12.4. The first-order valence-electron chi connectivity index (χ1n) is 12.1. The van der Waals surface area contributed by atoms with E-state index in [1.165, 1.54) is 11.1 Å². The first kappa shape index (κ1) is 23.4. The molecule has 1 aliphatic rings. The largest absolute Gasteiger partial charge is 0.349 e. The SMILES string of the molecule is Cc1ccc(Cl)cc1-n1c(C)c(C)c2c(=O)n(CCC(=O)N[C@H]3CCCc4ccccc43)cnc21. The molecule has 0 saturated carbocycles. The third-order valence-corrected chi connectivity index (χ3v) is 7.41. The van der Waals surface area contributed by atoms with E-state index in [9.17, 15) is 9.59 Å². The van der Waals surface area contributed by atoms with Gasteiger partial charge < -0.3 is 5.32 Å². The van der Waals surface area contributed by atoms with Crippen LogP contribution in [0.25, 0.3) is 16.7 Å². The lowest BCUT2D eigenvalue weighted by molar-refractivity contribution is -0.122. The Morgan fingerprint density at radius 1 is 1.17 bits per heavy atom. The molecule has 0 fully saturated rings.